The normalized spacial score (nSPS) is 23.9. The average molecular weight is 495 g/mol. The first-order valence-electron chi connectivity index (χ1n) is 13.5. The van der Waals surface area contributed by atoms with Gasteiger partial charge >= 0.3 is 0 Å². The van der Waals surface area contributed by atoms with Crippen LogP contribution in [-0.2, 0) is 15.1 Å². The number of aryl methyl sites for hydroxylation is 1. The monoisotopic (exact) mass is 494 g/mol. The van der Waals surface area contributed by atoms with E-state index in [1.165, 1.54) is 0 Å². The summed E-state index contributed by atoms with van der Waals surface area (Å²) >= 11 is 0. The Bertz CT molecular complexity index is 1010. The molecule has 6 nitrogen and oxygen atoms in total. The van der Waals surface area contributed by atoms with Crippen molar-refractivity contribution in [3.63, 3.8) is 0 Å². The van der Waals surface area contributed by atoms with E-state index in [2.05, 4.69) is 0 Å². The number of rotatable bonds is 10. The molecule has 0 bridgehead atoms. The number of hydrogen-bond acceptors (Lipinski definition) is 5. The lowest BCUT2D eigenvalue weighted by atomic mass is 9.73. The van der Waals surface area contributed by atoms with Gasteiger partial charge in [-0.3, -0.25) is 4.79 Å². The number of likely N-dealkylation sites (tertiary alicyclic amines) is 1. The zero-order chi connectivity index (χ0) is 25.5. The number of aliphatic hydroxyl groups is 1. The first kappa shape index (κ1) is 26.6. The van der Waals surface area contributed by atoms with E-state index in [9.17, 15) is 9.90 Å². The third-order valence-electron chi connectivity index (χ3n) is 8.05. The number of unbranched alkanes of at least 4 members (excludes halogenated alkanes) is 1. The van der Waals surface area contributed by atoms with E-state index in [-0.39, 0.29) is 23.8 Å². The fraction of sp³-hybridized carbons (Fsp3) is 0.567. The molecule has 1 saturated heterocycles. The van der Waals surface area contributed by atoms with Gasteiger partial charge < -0.3 is 25.2 Å². The molecule has 2 aromatic carbocycles. The lowest BCUT2D eigenvalue weighted by Gasteiger charge is -2.44. The highest BCUT2D eigenvalue weighted by atomic mass is 16.5. The summed E-state index contributed by atoms with van der Waals surface area (Å²) in [7, 11) is 1.71. The summed E-state index contributed by atoms with van der Waals surface area (Å²) < 4.78 is 11.7. The molecule has 36 heavy (non-hydrogen) atoms. The second kappa shape index (κ2) is 12.2. The van der Waals surface area contributed by atoms with Crippen molar-refractivity contribution in [2.45, 2.75) is 69.9 Å². The van der Waals surface area contributed by atoms with Crippen LogP contribution in [0.25, 0.3) is 0 Å². The molecule has 4 rings (SSSR count). The van der Waals surface area contributed by atoms with Gasteiger partial charge in [0.2, 0.25) is 5.91 Å². The van der Waals surface area contributed by atoms with Crippen molar-refractivity contribution in [2.75, 3.05) is 26.8 Å². The molecule has 1 unspecified atom stereocenters. The van der Waals surface area contributed by atoms with Gasteiger partial charge in [-0.05, 0) is 76.0 Å². The van der Waals surface area contributed by atoms with Gasteiger partial charge in [-0.1, -0.05) is 36.4 Å². The molecule has 0 aromatic heterocycles. The minimum Gasteiger partial charge on any atom is -0.457 e. The molecule has 1 heterocycles. The molecule has 0 radical (unpaired) electrons. The Balaban J connectivity index is 1.61. The maximum absolute atomic E-state index is 13.3. The Morgan fingerprint density at radius 2 is 1.83 bits per heavy atom. The molecule has 1 amide bonds. The first-order valence-corrected chi connectivity index (χ1v) is 13.5. The third-order valence-corrected chi connectivity index (χ3v) is 8.05. The van der Waals surface area contributed by atoms with Crippen molar-refractivity contribution in [1.82, 2.24) is 4.90 Å². The van der Waals surface area contributed by atoms with Crippen LogP contribution in [0.2, 0.25) is 0 Å². The Morgan fingerprint density at radius 1 is 1.08 bits per heavy atom. The van der Waals surface area contributed by atoms with Gasteiger partial charge in [-0.2, -0.15) is 0 Å². The largest absolute Gasteiger partial charge is 0.457 e. The third kappa shape index (κ3) is 6.10. The molecule has 0 spiro atoms. The molecule has 6 heteroatoms. The molecule has 3 N–H and O–H groups in total. The molecule has 4 atom stereocenters. The van der Waals surface area contributed by atoms with Crippen LogP contribution in [0.15, 0.2) is 48.5 Å². The van der Waals surface area contributed by atoms with Crippen molar-refractivity contribution in [3.8, 4) is 11.5 Å². The maximum Gasteiger partial charge on any atom is 0.225 e. The highest BCUT2D eigenvalue weighted by Crippen LogP contribution is 2.45. The Kier molecular flexibility index (Phi) is 9.04. The van der Waals surface area contributed by atoms with Crippen molar-refractivity contribution in [1.29, 1.82) is 0 Å². The number of carbonyl (C=O) groups is 1. The number of nitrogens with zero attached hydrogens (tertiary/aromatic N) is 1. The van der Waals surface area contributed by atoms with Crippen LogP contribution in [-0.4, -0.2) is 48.8 Å². The van der Waals surface area contributed by atoms with E-state index in [1.54, 1.807) is 7.11 Å². The van der Waals surface area contributed by atoms with E-state index in [1.807, 2.05) is 60.4 Å². The first-order chi connectivity index (χ1) is 17.4. The zero-order valence-electron chi connectivity index (χ0n) is 21.8. The second-order valence-electron chi connectivity index (χ2n) is 10.6. The Morgan fingerprint density at radius 3 is 2.56 bits per heavy atom. The van der Waals surface area contributed by atoms with Crippen LogP contribution < -0.4 is 10.5 Å². The highest BCUT2D eigenvalue weighted by molar-refractivity contribution is 5.79. The quantitative estimate of drug-likeness (QED) is 0.446. The molecule has 196 valence electrons. The summed E-state index contributed by atoms with van der Waals surface area (Å²) in [5.41, 5.74) is 6.83. The minimum absolute atomic E-state index is 0.0187. The van der Waals surface area contributed by atoms with Crippen LogP contribution >= 0.6 is 0 Å². The van der Waals surface area contributed by atoms with Gasteiger partial charge in [0, 0.05) is 50.2 Å². The van der Waals surface area contributed by atoms with Crippen LogP contribution in [0.1, 0.15) is 62.5 Å². The van der Waals surface area contributed by atoms with E-state index in [0.29, 0.717) is 25.3 Å². The molecule has 2 aliphatic rings. The number of benzene rings is 2. The maximum atomic E-state index is 13.3. The van der Waals surface area contributed by atoms with E-state index in [4.69, 9.17) is 15.2 Å². The van der Waals surface area contributed by atoms with Crippen molar-refractivity contribution < 1.29 is 19.4 Å². The standard InChI is InChI=1S/C30H42N2O4/c1-22-10-3-5-13-27(22)36-28-14-6-4-12-26(28)30(34,17-7-8-19-35-2)24-11-9-18-32(21-24)29(33)23-15-16-25(31)20-23/h3-6,10,12-14,23-25,34H,7-9,11,15-21,31H2,1-2H3/t23-,24?,25+,30+/m1/s1. The average Bonchev–Trinajstić information content (AvgIpc) is 3.34. The predicted octanol–water partition coefficient (Wildman–Crippen LogP) is 5.16. The van der Waals surface area contributed by atoms with Gasteiger partial charge in [0.05, 0.1) is 5.60 Å². The van der Waals surface area contributed by atoms with Crippen molar-refractivity contribution in [2.24, 2.45) is 17.6 Å². The molecule has 2 fully saturated rings. The SMILES string of the molecule is COCCCC[C@@](O)(c1ccccc1Oc1ccccc1C)C1CCCN(C(=O)[C@@H]2CC[C@H](N)C2)C1. The van der Waals surface area contributed by atoms with Crippen LogP contribution in [0.5, 0.6) is 11.5 Å². The number of amides is 1. The number of ether oxygens (including phenoxy) is 2. The van der Waals surface area contributed by atoms with Gasteiger partial charge in [0.15, 0.2) is 0 Å². The van der Waals surface area contributed by atoms with Crippen molar-refractivity contribution >= 4 is 5.91 Å². The number of piperidine rings is 1. The molecule has 1 saturated carbocycles. The van der Waals surface area contributed by atoms with Gasteiger partial charge in [-0.15, -0.1) is 0 Å². The Labute approximate surface area is 215 Å². The number of carbonyl (C=O) groups excluding carboxylic acids is 1. The summed E-state index contributed by atoms with van der Waals surface area (Å²) in [6.45, 7) is 4.00. The molecule has 1 aliphatic carbocycles. The summed E-state index contributed by atoms with van der Waals surface area (Å²) in [5.74, 6) is 1.61. The lowest BCUT2D eigenvalue weighted by Crippen LogP contribution is -2.49. The topological polar surface area (TPSA) is 85.0 Å². The predicted molar refractivity (Wildman–Crippen MR) is 142 cm³/mol. The zero-order valence-corrected chi connectivity index (χ0v) is 21.8. The van der Waals surface area contributed by atoms with Gasteiger partial charge in [0.25, 0.3) is 0 Å². The summed E-state index contributed by atoms with van der Waals surface area (Å²) in [6.07, 6.45) is 6.60. The van der Waals surface area contributed by atoms with Crippen molar-refractivity contribution in [3.05, 3.63) is 59.7 Å². The molecular weight excluding hydrogens is 452 g/mol. The summed E-state index contributed by atoms with van der Waals surface area (Å²) in [5, 5.41) is 12.5. The molecule has 2 aromatic rings. The summed E-state index contributed by atoms with van der Waals surface area (Å²) in [4.78, 5) is 15.3. The molecule has 1 aliphatic heterocycles. The lowest BCUT2D eigenvalue weighted by molar-refractivity contribution is -0.141. The van der Waals surface area contributed by atoms with Gasteiger partial charge in [-0.25, -0.2) is 0 Å². The molecular formula is C30H42N2O4. The van der Waals surface area contributed by atoms with E-state index >= 15 is 0 Å². The van der Waals surface area contributed by atoms with Gasteiger partial charge in [0.1, 0.15) is 11.5 Å². The number of nitrogens with two attached hydrogens (primary N) is 1. The Hall–Kier alpha value is -2.41. The smallest absolute Gasteiger partial charge is 0.225 e. The minimum atomic E-state index is -1.11. The fourth-order valence-electron chi connectivity index (χ4n) is 5.97. The van der Waals surface area contributed by atoms with Crippen LogP contribution in [0, 0.1) is 18.8 Å². The number of para-hydroxylation sites is 2. The van der Waals surface area contributed by atoms with Crippen LogP contribution in [0.3, 0.4) is 0 Å². The van der Waals surface area contributed by atoms with E-state index in [0.717, 1.165) is 68.4 Å². The van der Waals surface area contributed by atoms with Crippen LogP contribution in [0.4, 0.5) is 0 Å². The highest BCUT2D eigenvalue weighted by Gasteiger charge is 2.44. The number of methoxy groups -OCH3 is 1. The number of hydrogen-bond donors (Lipinski definition) is 2. The summed E-state index contributed by atoms with van der Waals surface area (Å²) in [6, 6.07) is 15.9. The fourth-order valence-corrected chi connectivity index (χ4v) is 5.97. The van der Waals surface area contributed by atoms with E-state index < -0.39 is 5.60 Å². The second-order valence-corrected chi connectivity index (χ2v) is 10.6.